The molecule has 0 spiro atoms. The van der Waals surface area contributed by atoms with Gasteiger partial charge in [-0.2, -0.15) is 0 Å². The van der Waals surface area contributed by atoms with E-state index in [1.54, 1.807) is 25.9 Å². The third-order valence-corrected chi connectivity index (χ3v) is 3.73. The Morgan fingerprint density at radius 2 is 2.26 bits per heavy atom. The summed E-state index contributed by atoms with van der Waals surface area (Å²) in [6.45, 7) is 4.27. The van der Waals surface area contributed by atoms with Gasteiger partial charge in [0, 0.05) is 32.1 Å². The van der Waals surface area contributed by atoms with Crippen LogP contribution < -0.4 is 10.6 Å². The van der Waals surface area contributed by atoms with Crippen molar-refractivity contribution >= 4 is 17.7 Å². The molecule has 1 atom stereocenters. The summed E-state index contributed by atoms with van der Waals surface area (Å²) in [5, 5.41) is 5.88. The number of rotatable bonds is 8. The Bertz CT molecular complexity index is 399. The van der Waals surface area contributed by atoms with E-state index in [1.807, 2.05) is 19.1 Å². The molecule has 19 heavy (non-hydrogen) atoms. The number of carbonyl (C=O) groups is 1. The van der Waals surface area contributed by atoms with Gasteiger partial charge in [0.2, 0.25) is 5.91 Å². The van der Waals surface area contributed by atoms with Crippen LogP contribution in [-0.4, -0.2) is 38.5 Å². The number of thioether (sulfide) groups is 1. The number of amides is 1. The zero-order valence-electron chi connectivity index (χ0n) is 11.7. The van der Waals surface area contributed by atoms with Crippen LogP contribution in [0.2, 0.25) is 0 Å². The minimum Gasteiger partial charge on any atom is -0.383 e. The van der Waals surface area contributed by atoms with Crippen LogP contribution in [0, 0.1) is 0 Å². The molecule has 0 aromatic heterocycles. The molecule has 0 saturated heterocycles. The molecular formula is C14H22N2O2S. The average Bonchev–Trinajstić information content (AvgIpc) is 2.43. The van der Waals surface area contributed by atoms with Gasteiger partial charge >= 0.3 is 0 Å². The Labute approximate surface area is 119 Å². The Morgan fingerprint density at radius 1 is 1.47 bits per heavy atom. The molecule has 0 saturated carbocycles. The van der Waals surface area contributed by atoms with E-state index in [1.165, 1.54) is 5.56 Å². The molecule has 1 aromatic rings. The van der Waals surface area contributed by atoms with Crippen molar-refractivity contribution < 1.29 is 9.53 Å². The van der Waals surface area contributed by atoms with Crippen molar-refractivity contribution in [2.24, 2.45) is 0 Å². The first-order chi connectivity index (χ1) is 9.17. The van der Waals surface area contributed by atoms with Crippen LogP contribution in [0.25, 0.3) is 0 Å². The summed E-state index contributed by atoms with van der Waals surface area (Å²) >= 11 is 1.57. The predicted molar refractivity (Wildman–Crippen MR) is 79.4 cm³/mol. The predicted octanol–water partition coefficient (Wildman–Crippen LogP) is 1.65. The first-order valence-electron chi connectivity index (χ1n) is 6.34. The minimum absolute atomic E-state index is 0.0497. The molecule has 0 fully saturated rings. The summed E-state index contributed by atoms with van der Waals surface area (Å²) in [5.41, 5.74) is 1.21. The van der Waals surface area contributed by atoms with E-state index in [4.69, 9.17) is 4.74 Å². The standard InChI is InChI=1S/C14H22N2O2S/c1-11(14(17)15-2)19-13-6-4-5-12(9-13)10-16-7-8-18-3/h4-6,9,11,16H,7-8,10H2,1-3H3,(H,15,17). The topological polar surface area (TPSA) is 50.4 Å². The molecule has 106 valence electrons. The van der Waals surface area contributed by atoms with E-state index in [0.29, 0.717) is 6.61 Å². The molecule has 5 heteroatoms. The average molecular weight is 282 g/mol. The van der Waals surface area contributed by atoms with Crippen LogP contribution in [-0.2, 0) is 16.1 Å². The minimum atomic E-state index is -0.0818. The van der Waals surface area contributed by atoms with Gasteiger partial charge < -0.3 is 15.4 Å². The fourth-order valence-electron chi connectivity index (χ4n) is 1.60. The van der Waals surface area contributed by atoms with Gasteiger partial charge in [-0.05, 0) is 24.6 Å². The summed E-state index contributed by atoms with van der Waals surface area (Å²) in [6, 6.07) is 8.24. The maximum atomic E-state index is 11.5. The Kier molecular flexibility index (Phi) is 7.55. The van der Waals surface area contributed by atoms with Crippen molar-refractivity contribution in [3.05, 3.63) is 29.8 Å². The lowest BCUT2D eigenvalue weighted by atomic mass is 10.2. The second kappa shape index (κ2) is 8.96. The molecule has 0 radical (unpaired) electrons. The lowest BCUT2D eigenvalue weighted by Crippen LogP contribution is -2.27. The van der Waals surface area contributed by atoms with E-state index in [0.717, 1.165) is 18.0 Å². The summed E-state index contributed by atoms with van der Waals surface area (Å²) in [7, 11) is 3.36. The normalized spacial score (nSPS) is 12.2. The van der Waals surface area contributed by atoms with Gasteiger partial charge in [-0.3, -0.25) is 4.79 Å². The Balaban J connectivity index is 2.49. The zero-order valence-corrected chi connectivity index (χ0v) is 12.5. The fourth-order valence-corrected chi connectivity index (χ4v) is 2.61. The van der Waals surface area contributed by atoms with E-state index in [-0.39, 0.29) is 11.2 Å². The number of ether oxygens (including phenoxy) is 1. The van der Waals surface area contributed by atoms with Crippen LogP contribution >= 0.6 is 11.8 Å². The number of methoxy groups -OCH3 is 1. The maximum Gasteiger partial charge on any atom is 0.232 e. The van der Waals surface area contributed by atoms with Crippen LogP contribution in [0.15, 0.2) is 29.2 Å². The molecule has 2 N–H and O–H groups in total. The van der Waals surface area contributed by atoms with Crippen molar-refractivity contribution in [3.8, 4) is 0 Å². The van der Waals surface area contributed by atoms with Crippen LogP contribution in [0.5, 0.6) is 0 Å². The number of hydrogen-bond acceptors (Lipinski definition) is 4. The third-order valence-electron chi connectivity index (χ3n) is 2.64. The van der Waals surface area contributed by atoms with Crippen LogP contribution in [0.3, 0.4) is 0 Å². The number of carbonyl (C=O) groups excluding carboxylic acids is 1. The first kappa shape index (κ1) is 16.0. The Morgan fingerprint density at radius 3 is 2.95 bits per heavy atom. The molecule has 1 rings (SSSR count). The smallest absolute Gasteiger partial charge is 0.232 e. The number of hydrogen-bond donors (Lipinski definition) is 2. The van der Waals surface area contributed by atoms with Gasteiger partial charge in [-0.1, -0.05) is 12.1 Å². The van der Waals surface area contributed by atoms with Crippen LogP contribution in [0.1, 0.15) is 12.5 Å². The van der Waals surface area contributed by atoms with Crippen molar-refractivity contribution in [1.82, 2.24) is 10.6 Å². The SMILES string of the molecule is CNC(=O)C(C)Sc1cccc(CNCCOC)c1. The van der Waals surface area contributed by atoms with Crippen molar-refractivity contribution in [1.29, 1.82) is 0 Å². The first-order valence-corrected chi connectivity index (χ1v) is 7.22. The highest BCUT2D eigenvalue weighted by Crippen LogP contribution is 2.24. The monoisotopic (exact) mass is 282 g/mol. The quantitative estimate of drug-likeness (QED) is 0.562. The molecule has 1 unspecified atom stereocenters. The van der Waals surface area contributed by atoms with Crippen molar-refractivity contribution in [2.45, 2.75) is 23.6 Å². The van der Waals surface area contributed by atoms with Gasteiger partial charge in [0.1, 0.15) is 0 Å². The molecule has 4 nitrogen and oxygen atoms in total. The zero-order chi connectivity index (χ0) is 14.1. The maximum absolute atomic E-state index is 11.5. The molecule has 0 aliphatic heterocycles. The highest BCUT2D eigenvalue weighted by molar-refractivity contribution is 8.00. The number of benzene rings is 1. The molecule has 1 aromatic carbocycles. The lowest BCUT2D eigenvalue weighted by molar-refractivity contribution is -0.119. The van der Waals surface area contributed by atoms with Crippen LogP contribution in [0.4, 0.5) is 0 Å². The van der Waals surface area contributed by atoms with Gasteiger partial charge in [0.25, 0.3) is 0 Å². The van der Waals surface area contributed by atoms with E-state index in [2.05, 4.69) is 22.8 Å². The molecule has 0 aliphatic carbocycles. The molecule has 1 amide bonds. The number of nitrogens with one attached hydrogen (secondary N) is 2. The highest BCUT2D eigenvalue weighted by atomic mass is 32.2. The molecule has 0 bridgehead atoms. The lowest BCUT2D eigenvalue weighted by Gasteiger charge is -2.11. The van der Waals surface area contributed by atoms with Crippen molar-refractivity contribution in [2.75, 3.05) is 27.3 Å². The van der Waals surface area contributed by atoms with E-state index < -0.39 is 0 Å². The fraction of sp³-hybridized carbons (Fsp3) is 0.500. The van der Waals surface area contributed by atoms with Gasteiger partial charge in [-0.25, -0.2) is 0 Å². The summed E-state index contributed by atoms with van der Waals surface area (Å²) < 4.78 is 4.98. The second-order valence-corrected chi connectivity index (χ2v) is 5.61. The third kappa shape index (κ3) is 6.09. The second-order valence-electron chi connectivity index (χ2n) is 4.19. The largest absolute Gasteiger partial charge is 0.383 e. The summed E-state index contributed by atoms with van der Waals surface area (Å²) in [6.07, 6.45) is 0. The van der Waals surface area contributed by atoms with Crippen molar-refractivity contribution in [3.63, 3.8) is 0 Å². The molecule has 0 aliphatic rings. The summed E-state index contributed by atoms with van der Waals surface area (Å²) in [4.78, 5) is 12.6. The van der Waals surface area contributed by atoms with Gasteiger partial charge in [0.15, 0.2) is 0 Å². The highest BCUT2D eigenvalue weighted by Gasteiger charge is 2.12. The molecular weight excluding hydrogens is 260 g/mol. The summed E-state index contributed by atoms with van der Waals surface area (Å²) in [5.74, 6) is 0.0497. The van der Waals surface area contributed by atoms with E-state index in [9.17, 15) is 4.79 Å². The Hall–Kier alpha value is -1.04. The van der Waals surface area contributed by atoms with E-state index >= 15 is 0 Å². The molecule has 0 heterocycles. The van der Waals surface area contributed by atoms with Gasteiger partial charge in [-0.15, -0.1) is 11.8 Å². The van der Waals surface area contributed by atoms with Gasteiger partial charge in [0.05, 0.1) is 11.9 Å².